The molecule has 0 fully saturated rings. The fourth-order valence-corrected chi connectivity index (χ4v) is 2.02. The molecule has 17 heavy (non-hydrogen) atoms. The van der Waals surface area contributed by atoms with Crippen molar-refractivity contribution in [2.24, 2.45) is 0 Å². The largest absolute Gasteiger partial charge is 0.476 e. The van der Waals surface area contributed by atoms with E-state index in [1.807, 2.05) is 6.92 Å². The molecular formula is C11H15N3O3. The first kappa shape index (κ1) is 11.6. The average Bonchev–Trinajstić information content (AvgIpc) is 2.66. The summed E-state index contributed by atoms with van der Waals surface area (Å²) < 4.78 is 1.50. The molecule has 6 nitrogen and oxygen atoms in total. The number of aromatic nitrogens is 2. The van der Waals surface area contributed by atoms with Gasteiger partial charge in [-0.15, -0.1) is 0 Å². The Morgan fingerprint density at radius 2 is 2.29 bits per heavy atom. The molecule has 0 atom stereocenters. The van der Waals surface area contributed by atoms with Gasteiger partial charge in [0, 0.05) is 25.7 Å². The Hall–Kier alpha value is -1.85. The van der Waals surface area contributed by atoms with E-state index in [1.54, 1.807) is 4.90 Å². The SMILES string of the molecule is CCCN1CCCn2nc(C(=O)O)cc2C1=O. The topological polar surface area (TPSA) is 75.4 Å². The van der Waals surface area contributed by atoms with E-state index in [0.717, 1.165) is 12.8 Å². The number of carbonyl (C=O) groups is 2. The molecule has 0 saturated carbocycles. The van der Waals surface area contributed by atoms with Gasteiger partial charge < -0.3 is 10.0 Å². The number of aryl methyl sites for hydroxylation is 1. The van der Waals surface area contributed by atoms with Gasteiger partial charge in [-0.3, -0.25) is 9.48 Å². The van der Waals surface area contributed by atoms with E-state index < -0.39 is 5.97 Å². The molecule has 0 aromatic carbocycles. The summed E-state index contributed by atoms with van der Waals surface area (Å²) in [5.41, 5.74) is 0.319. The van der Waals surface area contributed by atoms with Crippen LogP contribution in [0.1, 0.15) is 40.7 Å². The highest BCUT2D eigenvalue weighted by Gasteiger charge is 2.25. The lowest BCUT2D eigenvalue weighted by molar-refractivity contribution is 0.0689. The Morgan fingerprint density at radius 1 is 1.53 bits per heavy atom. The second-order valence-corrected chi connectivity index (χ2v) is 4.09. The number of fused-ring (bicyclic) bond motifs is 1. The first-order valence-electron chi connectivity index (χ1n) is 5.74. The van der Waals surface area contributed by atoms with Crippen LogP contribution >= 0.6 is 0 Å². The fraction of sp³-hybridized carbons (Fsp3) is 0.545. The molecule has 1 aromatic rings. The van der Waals surface area contributed by atoms with Crippen molar-refractivity contribution in [2.45, 2.75) is 26.3 Å². The number of nitrogens with zero attached hydrogens (tertiary/aromatic N) is 3. The highest BCUT2D eigenvalue weighted by Crippen LogP contribution is 2.14. The van der Waals surface area contributed by atoms with E-state index in [9.17, 15) is 9.59 Å². The molecule has 1 aliphatic rings. The number of carboxylic acid groups (broad SMARTS) is 1. The summed E-state index contributed by atoms with van der Waals surface area (Å²) in [5, 5.41) is 12.8. The van der Waals surface area contributed by atoms with Crippen molar-refractivity contribution in [3.63, 3.8) is 0 Å². The van der Waals surface area contributed by atoms with Gasteiger partial charge in [0.05, 0.1) is 0 Å². The fourth-order valence-electron chi connectivity index (χ4n) is 2.02. The van der Waals surface area contributed by atoms with Crippen molar-refractivity contribution in [2.75, 3.05) is 13.1 Å². The van der Waals surface area contributed by atoms with E-state index in [0.29, 0.717) is 25.3 Å². The van der Waals surface area contributed by atoms with Crippen LogP contribution in [0, 0.1) is 0 Å². The van der Waals surface area contributed by atoms with Gasteiger partial charge in [-0.1, -0.05) is 6.92 Å². The minimum Gasteiger partial charge on any atom is -0.476 e. The highest BCUT2D eigenvalue weighted by molar-refractivity contribution is 5.95. The first-order chi connectivity index (χ1) is 8.13. The Morgan fingerprint density at radius 3 is 2.94 bits per heavy atom. The molecule has 92 valence electrons. The van der Waals surface area contributed by atoms with E-state index in [4.69, 9.17) is 5.11 Å². The number of carboxylic acids is 1. The second-order valence-electron chi connectivity index (χ2n) is 4.09. The Labute approximate surface area is 98.8 Å². The third-order valence-electron chi connectivity index (χ3n) is 2.80. The zero-order valence-electron chi connectivity index (χ0n) is 9.72. The predicted molar refractivity (Wildman–Crippen MR) is 60.0 cm³/mol. The Bertz CT molecular complexity index is 453. The maximum Gasteiger partial charge on any atom is 0.356 e. The van der Waals surface area contributed by atoms with Crippen LogP contribution < -0.4 is 0 Å². The smallest absolute Gasteiger partial charge is 0.356 e. The highest BCUT2D eigenvalue weighted by atomic mass is 16.4. The van der Waals surface area contributed by atoms with Gasteiger partial charge in [0.2, 0.25) is 0 Å². The molecule has 0 spiro atoms. The molecule has 2 heterocycles. The number of carbonyl (C=O) groups excluding carboxylic acids is 1. The Kier molecular flexibility index (Phi) is 3.12. The normalized spacial score (nSPS) is 15.6. The van der Waals surface area contributed by atoms with Crippen LogP contribution in [-0.2, 0) is 6.54 Å². The van der Waals surface area contributed by atoms with Crippen LogP contribution in [0.4, 0.5) is 0 Å². The molecule has 6 heteroatoms. The molecule has 0 aliphatic carbocycles. The quantitative estimate of drug-likeness (QED) is 0.845. The lowest BCUT2D eigenvalue weighted by atomic mass is 10.3. The molecule has 1 N–H and O–H groups in total. The van der Waals surface area contributed by atoms with Crippen LogP contribution in [0.3, 0.4) is 0 Å². The third kappa shape index (κ3) is 2.15. The zero-order valence-corrected chi connectivity index (χ0v) is 9.72. The number of amides is 1. The predicted octanol–water partition coefficient (Wildman–Crippen LogP) is 0.837. The van der Waals surface area contributed by atoms with Crippen LogP contribution in [-0.4, -0.2) is 44.8 Å². The van der Waals surface area contributed by atoms with Crippen molar-refractivity contribution in [3.05, 3.63) is 17.5 Å². The van der Waals surface area contributed by atoms with Crippen LogP contribution in [0.5, 0.6) is 0 Å². The molecule has 0 radical (unpaired) electrons. The van der Waals surface area contributed by atoms with Gasteiger partial charge in [0.15, 0.2) is 5.69 Å². The second kappa shape index (κ2) is 4.57. The summed E-state index contributed by atoms with van der Waals surface area (Å²) in [6.07, 6.45) is 1.70. The summed E-state index contributed by atoms with van der Waals surface area (Å²) >= 11 is 0. The molecule has 1 amide bonds. The van der Waals surface area contributed by atoms with Crippen molar-refractivity contribution < 1.29 is 14.7 Å². The van der Waals surface area contributed by atoms with Crippen molar-refractivity contribution >= 4 is 11.9 Å². The molecule has 0 unspecified atom stereocenters. The summed E-state index contributed by atoms with van der Waals surface area (Å²) in [5.74, 6) is -1.22. The minimum absolute atomic E-state index is 0.0632. The van der Waals surface area contributed by atoms with Crippen molar-refractivity contribution in [1.29, 1.82) is 0 Å². The van der Waals surface area contributed by atoms with E-state index >= 15 is 0 Å². The van der Waals surface area contributed by atoms with Gasteiger partial charge in [0.25, 0.3) is 5.91 Å². The van der Waals surface area contributed by atoms with Crippen LogP contribution in [0.15, 0.2) is 6.07 Å². The van der Waals surface area contributed by atoms with Crippen molar-refractivity contribution in [1.82, 2.24) is 14.7 Å². The molecular weight excluding hydrogens is 222 g/mol. The maximum absolute atomic E-state index is 12.1. The molecule has 1 aromatic heterocycles. The number of aromatic carboxylic acids is 1. The zero-order chi connectivity index (χ0) is 12.4. The van der Waals surface area contributed by atoms with E-state index in [-0.39, 0.29) is 11.6 Å². The van der Waals surface area contributed by atoms with Gasteiger partial charge in [-0.25, -0.2) is 4.79 Å². The lowest BCUT2D eigenvalue weighted by Crippen LogP contribution is -2.31. The minimum atomic E-state index is -1.10. The number of hydrogen-bond acceptors (Lipinski definition) is 3. The maximum atomic E-state index is 12.1. The molecule has 0 saturated heterocycles. The molecule has 0 bridgehead atoms. The first-order valence-corrected chi connectivity index (χ1v) is 5.74. The monoisotopic (exact) mass is 237 g/mol. The summed E-state index contributed by atoms with van der Waals surface area (Å²) in [7, 11) is 0. The number of hydrogen-bond donors (Lipinski definition) is 1. The summed E-state index contributed by atoms with van der Waals surface area (Å²) in [4.78, 5) is 24.7. The van der Waals surface area contributed by atoms with Crippen molar-refractivity contribution in [3.8, 4) is 0 Å². The standard InChI is InChI=1S/C11H15N3O3/c1-2-4-13-5-3-6-14-9(10(13)15)7-8(12-14)11(16)17/h7H,2-6H2,1H3,(H,16,17). The Balaban J connectivity index is 2.33. The van der Waals surface area contributed by atoms with Gasteiger partial charge >= 0.3 is 5.97 Å². The lowest BCUT2D eigenvalue weighted by Gasteiger charge is -2.18. The molecule has 1 aliphatic heterocycles. The van der Waals surface area contributed by atoms with Crippen LogP contribution in [0.25, 0.3) is 0 Å². The molecule has 2 rings (SSSR count). The number of rotatable bonds is 3. The van der Waals surface area contributed by atoms with Gasteiger partial charge in [0.1, 0.15) is 5.69 Å². The third-order valence-corrected chi connectivity index (χ3v) is 2.80. The summed E-state index contributed by atoms with van der Waals surface area (Å²) in [6.45, 7) is 4.01. The van der Waals surface area contributed by atoms with E-state index in [2.05, 4.69) is 5.10 Å². The van der Waals surface area contributed by atoms with E-state index in [1.165, 1.54) is 10.7 Å². The van der Waals surface area contributed by atoms with Gasteiger partial charge in [-0.2, -0.15) is 5.10 Å². The van der Waals surface area contributed by atoms with Gasteiger partial charge in [-0.05, 0) is 12.8 Å². The summed E-state index contributed by atoms with van der Waals surface area (Å²) in [6, 6.07) is 1.36. The van der Waals surface area contributed by atoms with Crippen LogP contribution in [0.2, 0.25) is 0 Å². The average molecular weight is 237 g/mol.